The third-order valence-electron chi connectivity index (χ3n) is 5.18. The summed E-state index contributed by atoms with van der Waals surface area (Å²) in [5.74, 6) is 0. The van der Waals surface area contributed by atoms with Crippen LogP contribution in [0.5, 0.6) is 0 Å². The molecule has 3 rings (SSSR count). The van der Waals surface area contributed by atoms with Crippen molar-refractivity contribution in [3.05, 3.63) is 66.2 Å². The highest BCUT2D eigenvalue weighted by molar-refractivity contribution is 6.89. The highest BCUT2D eigenvalue weighted by atomic mass is 28.3. The van der Waals surface area contributed by atoms with Crippen molar-refractivity contribution in [1.82, 2.24) is 0 Å². The van der Waals surface area contributed by atoms with Gasteiger partial charge in [0.05, 0.1) is 26.9 Å². The van der Waals surface area contributed by atoms with Crippen molar-refractivity contribution in [2.75, 3.05) is 6.61 Å². The second kappa shape index (κ2) is 8.79. The Morgan fingerprint density at radius 1 is 0.920 bits per heavy atom. The predicted octanol–water partition coefficient (Wildman–Crippen LogP) is 4.76. The van der Waals surface area contributed by atoms with Crippen LogP contribution in [-0.4, -0.2) is 26.9 Å². The normalized spacial score (nSPS) is 20.7. The van der Waals surface area contributed by atoms with Crippen LogP contribution in [0.25, 0.3) is 0 Å². The van der Waals surface area contributed by atoms with Crippen molar-refractivity contribution in [2.45, 2.75) is 57.2 Å². The van der Waals surface area contributed by atoms with Crippen LogP contribution in [0.3, 0.4) is 0 Å². The second-order valence-electron chi connectivity index (χ2n) is 7.74. The molecule has 0 bridgehead atoms. The predicted molar refractivity (Wildman–Crippen MR) is 107 cm³/mol. The van der Waals surface area contributed by atoms with Gasteiger partial charge in [-0.15, -0.1) is 0 Å². The van der Waals surface area contributed by atoms with Crippen LogP contribution in [-0.2, 0) is 16.1 Å². The van der Waals surface area contributed by atoms with Gasteiger partial charge in [-0.25, -0.2) is 0 Å². The Morgan fingerprint density at radius 3 is 2.28 bits per heavy atom. The maximum absolute atomic E-state index is 6.33. The fourth-order valence-corrected chi connectivity index (χ4v) is 6.47. The Balaban J connectivity index is 1.38. The minimum absolute atomic E-state index is 0.376. The number of hydrogen-bond donors (Lipinski definition) is 0. The van der Waals surface area contributed by atoms with Crippen molar-refractivity contribution in [3.8, 4) is 0 Å². The summed E-state index contributed by atoms with van der Waals surface area (Å²) >= 11 is 0. The molecule has 0 saturated carbocycles. The lowest BCUT2D eigenvalue weighted by atomic mass is 10.1. The lowest BCUT2D eigenvalue weighted by molar-refractivity contribution is 0.0230. The van der Waals surface area contributed by atoms with Crippen molar-refractivity contribution in [2.24, 2.45) is 0 Å². The number of benzene rings is 2. The molecule has 25 heavy (non-hydrogen) atoms. The summed E-state index contributed by atoms with van der Waals surface area (Å²) in [7, 11) is -1.41. The Morgan fingerprint density at radius 2 is 1.56 bits per heavy atom. The standard InChI is InChI=1S/C22H30O2Si/c1-25(2,22-11-7-4-8-12-22)18-21-14-13-20(24-21)15-16-23-17-19-9-5-3-6-10-19/h3-12,20-21H,13-18H2,1-2H3/t20-,21-/m0/s1. The van der Waals surface area contributed by atoms with E-state index in [0.29, 0.717) is 18.8 Å². The van der Waals surface area contributed by atoms with Gasteiger partial charge in [-0.05, 0) is 30.9 Å². The topological polar surface area (TPSA) is 18.5 Å². The molecule has 0 aromatic heterocycles. The molecule has 3 heteroatoms. The summed E-state index contributed by atoms with van der Waals surface area (Å²) in [6.45, 7) is 6.40. The van der Waals surface area contributed by atoms with E-state index >= 15 is 0 Å². The van der Waals surface area contributed by atoms with E-state index in [1.165, 1.54) is 29.6 Å². The summed E-state index contributed by atoms with van der Waals surface area (Å²) in [5.41, 5.74) is 1.24. The van der Waals surface area contributed by atoms with E-state index in [9.17, 15) is 0 Å². The van der Waals surface area contributed by atoms with Crippen LogP contribution in [0.4, 0.5) is 0 Å². The Hall–Kier alpha value is -1.42. The van der Waals surface area contributed by atoms with Gasteiger partial charge < -0.3 is 9.47 Å². The molecule has 0 amide bonds. The van der Waals surface area contributed by atoms with Gasteiger partial charge in [0.15, 0.2) is 0 Å². The van der Waals surface area contributed by atoms with Crippen molar-refractivity contribution >= 4 is 13.3 Å². The molecule has 134 valence electrons. The Labute approximate surface area is 153 Å². The SMILES string of the molecule is C[Si](C)(C[C@@H]1CC[C@@H](CCOCc2ccccc2)O1)c1ccccc1. The van der Waals surface area contributed by atoms with Gasteiger partial charge in [0.2, 0.25) is 0 Å². The third-order valence-corrected chi connectivity index (χ3v) is 8.56. The van der Waals surface area contributed by atoms with Crippen LogP contribution in [0, 0.1) is 0 Å². The molecular formula is C22H30O2Si. The summed E-state index contributed by atoms with van der Waals surface area (Å²) in [6.07, 6.45) is 4.20. The molecule has 0 radical (unpaired) electrons. The van der Waals surface area contributed by atoms with Gasteiger partial charge in [0.1, 0.15) is 0 Å². The quantitative estimate of drug-likeness (QED) is 0.503. The van der Waals surface area contributed by atoms with E-state index in [2.05, 4.69) is 67.7 Å². The van der Waals surface area contributed by atoms with Crippen LogP contribution < -0.4 is 5.19 Å². The van der Waals surface area contributed by atoms with Crippen LogP contribution >= 0.6 is 0 Å². The molecule has 1 fully saturated rings. The van der Waals surface area contributed by atoms with Gasteiger partial charge in [0.25, 0.3) is 0 Å². The first-order valence-electron chi connectivity index (χ1n) is 9.46. The van der Waals surface area contributed by atoms with E-state index in [1.54, 1.807) is 0 Å². The van der Waals surface area contributed by atoms with E-state index < -0.39 is 8.07 Å². The molecular weight excluding hydrogens is 324 g/mol. The molecule has 1 saturated heterocycles. The zero-order chi connectivity index (χ0) is 17.5. The van der Waals surface area contributed by atoms with Crippen molar-refractivity contribution in [1.29, 1.82) is 0 Å². The number of hydrogen-bond acceptors (Lipinski definition) is 2. The largest absolute Gasteiger partial charge is 0.377 e. The van der Waals surface area contributed by atoms with Gasteiger partial charge in [-0.2, -0.15) is 0 Å². The zero-order valence-corrected chi connectivity index (χ0v) is 16.5. The maximum Gasteiger partial charge on any atom is 0.0831 e. The summed E-state index contributed by atoms with van der Waals surface area (Å²) in [4.78, 5) is 0. The first-order chi connectivity index (χ1) is 12.1. The molecule has 0 unspecified atom stereocenters. The molecule has 0 spiro atoms. The second-order valence-corrected chi connectivity index (χ2v) is 12.5. The summed E-state index contributed by atoms with van der Waals surface area (Å²) in [6, 6.07) is 22.6. The van der Waals surface area contributed by atoms with E-state index in [-0.39, 0.29) is 0 Å². The highest BCUT2D eigenvalue weighted by Crippen LogP contribution is 2.28. The van der Waals surface area contributed by atoms with Crippen LogP contribution in [0.1, 0.15) is 24.8 Å². The average molecular weight is 355 g/mol. The van der Waals surface area contributed by atoms with E-state index in [0.717, 1.165) is 13.0 Å². The lowest BCUT2D eigenvalue weighted by Crippen LogP contribution is -2.43. The lowest BCUT2D eigenvalue weighted by Gasteiger charge is -2.26. The average Bonchev–Trinajstić information content (AvgIpc) is 3.07. The first-order valence-corrected chi connectivity index (χ1v) is 12.7. The number of rotatable bonds is 8. The molecule has 1 aliphatic heterocycles. The molecule has 1 heterocycles. The number of ether oxygens (including phenoxy) is 2. The summed E-state index contributed by atoms with van der Waals surface area (Å²) in [5, 5.41) is 1.54. The highest BCUT2D eigenvalue weighted by Gasteiger charge is 2.32. The van der Waals surface area contributed by atoms with Crippen molar-refractivity contribution < 1.29 is 9.47 Å². The zero-order valence-electron chi connectivity index (χ0n) is 15.5. The first kappa shape index (κ1) is 18.4. The smallest absolute Gasteiger partial charge is 0.0831 e. The Kier molecular flexibility index (Phi) is 6.46. The van der Waals surface area contributed by atoms with Gasteiger partial charge in [-0.1, -0.05) is 78.9 Å². The fourth-order valence-electron chi connectivity index (χ4n) is 3.70. The molecule has 2 atom stereocenters. The molecule has 0 N–H and O–H groups in total. The summed E-state index contributed by atoms with van der Waals surface area (Å²) < 4.78 is 12.1. The minimum atomic E-state index is -1.41. The molecule has 1 aliphatic rings. The monoisotopic (exact) mass is 354 g/mol. The van der Waals surface area contributed by atoms with Crippen molar-refractivity contribution in [3.63, 3.8) is 0 Å². The van der Waals surface area contributed by atoms with Gasteiger partial charge >= 0.3 is 0 Å². The third kappa shape index (κ3) is 5.53. The fraction of sp³-hybridized carbons (Fsp3) is 0.455. The molecule has 2 aromatic carbocycles. The molecule has 2 nitrogen and oxygen atoms in total. The van der Waals surface area contributed by atoms with Gasteiger partial charge in [-0.3, -0.25) is 0 Å². The molecule has 0 aliphatic carbocycles. The Bertz CT molecular complexity index is 627. The maximum atomic E-state index is 6.33. The van der Waals surface area contributed by atoms with E-state index in [4.69, 9.17) is 9.47 Å². The molecule has 2 aromatic rings. The van der Waals surface area contributed by atoms with Gasteiger partial charge in [0, 0.05) is 6.61 Å². The van der Waals surface area contributed by atoms with Crippen LogP contribution in [0.15, 0.2) is 60.7 Å². The van der Waals surface area contributed by atoms with E-state index in [1.807, 2.05) is 6.07 Å². The minimum Gasteiger partial charge on any atom is -0.377 e. The van der Waals surface area contributed by atoms with Crippen LogP contribution in [0.2, 0.25) is 19.1 Å².